The van der Waals surface area contributed by atoms with Crippen LogP contribution in [0.2, 0.25) is 0 Å². The van der Waals surface area contributed by atoms with E-state index in [0.717, 1.165) is 63.5 Å². The first-order valence-corrected chi connectivity index (χ1v) is 10.3. The number of hydrogen-bond donors (Lipinski definition) is 1. The Bertz CT molecular complexity index is 653. The van der Waals surface area contributed by atoms with Crippen LogP contribution >= 0.6 is 11.3 Å². The Balaban J connectivity index is 1.26. The van der Waals surface area contributed by atoms with Crippen LogP contribution in [0, 0.1) is 5.92 Å². The zero-order chi connectivity index (χ0) is 17.9. The zero-order valence-electron chi connectivity index (χ0n) is 14.9. The molecule has 142 valence electrons. The average Bonchev–Trinajstić information content (AvgIpc) is 3.41. The summed E-state index contributed by atoms with van der Waals surface area (Å²) in [6.07, 6.45) is 5.43. The molecule has 0 radical (unpaired) electrons. The Hall–Kier alpha value is -1.74. The largest absolute Gasteiger partial charge is 0.376 e. The number of anilines is 2. The lowest BCUT2D eigenvalue weighted by Crippen LogP contribution is -2.42. The van der Waals surface area contributed by atoms with Gasteiger partial charge in [0.2, 0.25) is 22.1 Å². The van der Waals surface area contributed by atoms with Gasteiger partial charge in [-0.3, -0.25) is 14.5 Å². The van der Waals surface area contributed by atoms with Gasteiger partial charge in [-0.15, -0.1) is 10.2 Å². The van der Waals surface area contributed by atoms with Crippen molar-refractivity contribution in [3.63, 3.8) is 0 Å². The van der Waals surface area contributed by atoms with Gasteiger partial charge in [0.25, 0.3) is 0 Å². The van der Waals surface area contributed by atoms with Crippen molar-refractivity contribution in [1.82, 2.24) is 15.5 Å². The van der Waals surface area contributed by atoms with Gasteiger partial charge in [0.05, 0.1) is 6.10 Å². The van der Waals surface area contributed by atoms with Crippen LogP contribution in [0.1, 0.15) is 38.5 Å². The van der Waals surface area contributed by atoms with Gasteiger partial charge in [0, 0.05) is 45.1 Å². The molecular weight excluding hydrogens is 354 g/mol. The fourth-order valence-corrected chi connectivity index (χ4v) is 4.73. The van der Waals surface area contributed by atoms with Gasteiger partial charge < -0.3 is 15.0 Å². The van der Waals surface area contributed by atoms with E-state index in [4.69, 9.17) is 4.74 Å². The molecule has 3 aliphatic heterocycles. The minimum atomic E-state index is 0.0557. The Morgan fingerprint density at radius 2 is 1.96 bits per heavy atom. The highest BCUT2D eigenvalue weighted by atomic mass is 32.1. The lowest BCUT2D eigenvalue weighted by atomic mass is 9.96. The zero-order valence-corrected chi connectivity index (χ0v) is 15.7. The number of amides is 2. The first kappa shape index (κ1) is 17.7. The summed E-state index contributed by atoms with van der Waals surface area (Å²) >= 11 is 1.47. The van der Waals surface area contributed by atoms with Crippen LogP contribution in [0.4, 0.5) is 10.3 Å². The summed E-state index contributed by atoms with van der Waals surface area (Å²) in [7, 11) is 0. The summed E-state index contributed by atoms with van der Waals surface area (Å²) in [5.74, 6) is 0.329. The molecule has 4 heterocycles. The van der Waals surface area contributed by atoms with E-state index in [1.807, 2.05) is 0 Å². The number of piperidine rings is 1. The third-order valence-corrected chi connectivity index (χ3v) is 6.38. The molecule has 3 saturated heterocycles. The number of carbonyl (C=O) groups excluding carboxylic acids is 2. The number of carbonyl (C=O) groups is 2. The minimum Gasteiger partial charge on any atom is -0.376 e. The van der Waals surface area contributed by atoms with E-state index in [2.05, 4.69) is 20.4 Å². The molecule has 0 saturated carbocycles. The molecule has 9 heteroatoms. The Morgan fingerprint density at radius 3 is 2.65 bits per heavy atom. The van der Waals surface area contributed by atoms with Crippen LogP contribution in [0.3, 0.4) is 0 Å². The lowest BCUT2D eigenvalue weighted by molar-refractivity contribution is -0.126. The first-order chi connectivity index (χ1) is 12.7. The van der Waals surface area contributed by atoms with Gasteiger partial charge in [-0.2, -0.15) is 0 Å². The summed E-state index contributed by atoms with van der Waals surface area (Å²) in [5.41, 5.74) is 0. The van der Waals surface area contributed by atoms with Crippen molar-refractivity contribution >= 4 is 33.4 Å². The van der Waals surface area contributed by atoms with Gasteiger partial charge in [-0.25, -0.2) is 0 Å². The van der Waals surface area contributed by atoms with E-state index in [0.29, 0.717) is 18.1 Å². The minimum absolute atomic E-state index is 0.0557. The van der Waals surface area contributed by atoms with Crippen LogP contribution in [0.25, 0.3) is 0 Å². The molecule has 8 nitrogen and oxygen atoms in total. The number of nitrogens with one attached hydrogen (secondary N) is 1. The molecule has 1 aromatic rings. The van der Waals surface area contributed by atoms with Gasteiger partial charge in [-0.05, 0) is 32.1 Å². The maximum atomic E-state index is 12.4. The first-order valence-electron chi connectivity index (χ1n) is 9.49. The summed E-state index contributed by atoms with van der Waals surface area (Å²) in [6.45, 7) is 3.76. The van der Waals surface area contributed by atoms with Gasteiger partial charge in [0.1, 0.15) is 0 Å². The number of aromatic nitrogens is 2. The number of rotatable bonds is 5. The second-order valence-electron chi connectivity index (χ2n) is 7.16. The highest BCUT2D eigenvalue weighted by Gasteiger charge is 2.29. The van der Waals surface area contributed by atoms with Crippen LogP contribution < -0.4 is 15.1 Å². The molecule has 26 heavy (non-hydrogen) atoms. The fourth-order valence-electron chi connectivity index (χ4n) is 3.79. The molecule has 0 unspecified atom stereocenters. The predicted molar refractivity (Wildman–Crippen MR) is 98.4 cm³/mol. The van der Waals surface area contributed by atoms with E-state index in [1.165, 1.54) is 11.3 Å². The average molecular weight is 379 g/mol. The van der Waals surface area contributed by atoms with E-state index in [1.54, 1.807) is 4.90 Å². The van der Waals surface area contributed by atoms with E-state index in [9.17, 15) is 9.59 Å². The number of nitrogens with zero attached hydrogens (tertiary/aromatic N) is 4. The SMILES string of the molecule is O=C(NC[C@@H]1CCCO1)C1CCN(c2nnc(N3CCCC3=O)s2)CC1. The normalized spacial score (nSPS) is 24.5. The number of hydrogen-bond acceptors (Lipinski definition) is 7. The Labute approximate surface area is 156 Å². The molecule has 3 aliphatic rings. The van der Waals surface area contributed by atoms with Crippen LogP contribution in [0.15, 0.2) is 0 Å². The van der Waals surface area contributed by atoms with Crippen molar-refractivity contribution in [2.24, 2.45) is 5.92 Å². The van der Waals surface area contributed by atoms with Crippen molar-refractivity contribution in [3.05, 3.63) is 0 Å². The lowest BCUT2D eigenvalue weighted by Gasteiger charge is -2.30. The van der Waals surface area contributed by atoms with Crippen molar-refractivity contribution < 1.29 is 14.3 Å². The second kappa shape index (κ2) is 7.87. The molecule has 1 N–H and O–H groups in total. The monoisotopic (exact) mass is 379 g/mol. The summed E-state index contributed by atoms with van der Waals surface area (Å²) in [4.78, 5) is 28.1. The van der Waals surface area contributed by atoms with Gasteiger partial charge in [-0.1, -0.05) is 11.3 Å². The fraction of sp³-hybridized carbons (Fsp3) is 0.765. The molecule has 0 aromatic carbocycles. The van der Waals surface area contributed by atoms with Crippen molar-refractivity contribution in [2.45, 2.75) is 44.6 Å². The number of ether oxygens (including phenoxy) is 1. The molecule has 0 aliphatic carbocycles. The van der Waals surface area contributed by atoms with E-state index < -0.39 is 0 Å². The second-order valence-corrected chi connectivity index (χ2v) is 8.09. The maximum Gasteiger partial charge on any atom is 0.228 e. The molecule has 3 fully saturated rings. The van der Waals surface area contributed by atoms with Crippen LogP contribution in [0.5, 0.6) is 0 Å². The highest BCUT2D eigenvalue weighted by molar-refractivity contribution is 7.19. The molecule has 4 rings (SSSR count). The summed E-state index contributed by atoms with van der Waals surface area (Å²) < 4.78 is 5.55. The molecule has 1 atom stereocenters. The van der Waals surface area contributed by atoms with Gasteiger partial charge in [0.15, 0.2) is 0 Å². The highest BCUT2D eigenvalue weighted by Crippen LogP contribution is 2.32. The van der Waals surface area contributed by atoms with Crippen LogP contribution in [-0.2, 0) is 14.3 Å². The molecule has 0 bridgehead atoms. The smallest absolute Gasteiger partial charge is 0.228 e. The summed E-state index contributed by atoms with van der Waals surface area (Å²) in [5, 5.41) is 13.0. The standard InChI is InChI=1S/C17H25N5O3S/c23-14-4-1-7-22(14)17-20-19-16(26-17)21-8-5-12(6-9-21)15(24)18-11-13-3-2-10-25-13/h12-13H,1-11H2,(H,18,24)/t13-/m0/s1. The molecular formula is C17H25N5O3S. The molecule has 2 amide bonds. The van der Waals surface area contributed by atoms with Crippen molar-refractivity contribution in [3.8, 4) is 0 Å². The van der Waals surface area contributed by atoms with Crippen LogP contribution in [-0.4, -0.2) is 60.9 Å². The maximum absolute atomic E-state index is 12.4. The van der Waals surface area contributed by atoms with Crippen molar-refractivity contribution in [1.29, 1.82) is 0 Å². The van der Waals surface area contributed by atoms with E-state index >= 15 is 0 Å². The van der Waals surface area contributed by atoms with Crippen molar-refractivity contribution in [2.75, 3.05) is 42.6 Å². The van der Waals surface area contributed by atoms with Gasteiger partial charge >= 0.3 is 0 Å². The van der Waals surface area contributed by atoms with E-state index in [-0.39, 0.29) is 23.8 Å². The quantitative estimate of drug-likeness (QED) is 0.827. The predicted octanol–water partition coefficient (Wildman–Crippen LogP) is 1.18. The molecule has 0 spiro atoms. The molecule has 1 aromatic heterocycles. The third kappa shape index (κ3) is 3.83. The Morgan fingerprint density at radius 1 is 1.15 bits per heavy atom. The Kier molecular flexibility index (Phi) is 5.35. The topological polar surface area (TPSA) is 87.7 Å². The third-order valence-electron chi connectivity index (χ3n) is 5.37. The summed E-state index contributed by atoms with van der Waals surface area (Å²) in [6, 6.07) is 0.